The lowest BCUT2D eigenvalue weighted by Crippen LogP contribution is -2.62. The van der Waals surface area contributed by atoms with Crippen LogP contribution >= 0.6 is 0 Å². The molecule has 0 radical (unpaired) electrons. The zero-order valence-electron chi connectivity index (χ0n) is 19.8. The lowest BCUT2D eigenvalue weighted by Gasteiger charge is -2.40. The second-order valence-electron chi connectivity index (χ2n) is 9.42. The van der Waals surface area contributed by atoms with E-state index in [-0.39, 0.29) is 42.1 Å². The average molecular weight is 486 g/mol. The number of aromatic nitrogens is 2. The molecule has 1 N–H and O–H groups in total. The number of rotatable bonds is 4. The summed E-state index contributed by atoms with van der Waals surface area (Å²) in [6, 6.07) is 7.31. The van der Waals surface area contributed by atoms with Crippen LogP contribution < -0.4 is 5.32 Å². The fourth-order valence-corrected chi connectivity index (χ4v) is 4.80. The van der Waals surface area contributed by atoms with Crippen molar-refractivity contribution in [1.29, 1.82) is 0 Å². The fraction of sp³-hybridized carbons (Fsp3) is 0.500. The van der Waals surface area contributed by atoms with Crippen LogP contribution in [-0.4, -0.2) is 82.0 Å². The topological polar surface area (TPSA) is 106 Å². The summed E-state index contributed by atoms with van der Waals surface area (Å²) in [4.78, 5) is 42.4. The number of carbonyl (C=O) groups excluding carboxylic acids is 3. The molecule has 0 bridgehead atoms. The highest BCUT2D eigenvalue weighted by Crippen LogP contribution is 2.32. The maximum Gasteiger partial charge on any atom is 0.274 e. The van der Waals surface area contributed by atoms with Crippen molar-refractivity contribution in [1.82, 2.24) is 24.9 Å². The highest BCUT2D eigenvalue weighted by atomic mass is 19.1. The van der Waals surface area contributed by atoms with Crippen molar-refractivity contribution in [2.75, 3.05) is 33.4 Å². The van der Waals surface area contributed by atoms with E-state index >= 15 is 0 Å². The van der Waals surface area contributed by atoms with Gasteiger partial charge in [-0.2, -0.15) is 5.10 Å². The molecule has 2 aromatic rings. The zero-order chi connectivity index (χ0) is 24.8. The molecule has 3 aliphatic rings. The van der Waals surface area contributed by atoms with Gasteiger partial charge in [-0.3, -0.25) is 19.1 Å². The predicted molar refractivity (Wildman–Crippen MR) is 121 cm³/mol. The number of hydrogen-bond donors (Lipinski definition) is 1. The molecule has 10 nitrogen and oxygen atoms in total. The second-order valence-corrected chi connectivity index (χ2v) is 9.42. The van der Waals surface area contributed by atoms with Gasteiger partial charge in [0.2, 0.25) is 5.91 Å². The lowest BCUT2D eigenvalue weighted by atomic mass is 9.96. The third-order valence-corrected chi connectivity index (χ3v) is 7.20. The summed E-state index contributed by atoms with van der Waals surface area (Å²) in [5, 5.41) is 7.22. The number of hydrogen-bond acceptors (Lipinski definition) is 6. The van der Waals surface area contributed by atoms with Gasteiger partial charge in [-0.15, -0.1) is 0 Å². The summed E-state index contributed by atoms with van der Waals surface area (Å²) in [6.45, 7) is 4.01. The van der Waals surface area contributed by atoms with Crippen molar-refractivity contribution in [2.45, 2.75) is 44.2 Å². The first-order valence-corrected chi connectivity index (χ1v) is 11.7. The number of benzene rings is 1. The van der Waals surface area contributed by atoms with E-state index in [2.05, 4.69) is 10.4 Å². The van der Waals surface area contributed by atoms with E-state index < -0.39 is 17.2 Å². The maximum atomic E-state index is 13.1. The van der Waals surface area contributed by atoms with Crippen LogP contribution in [0.2, 0.25) is 0 Å². The van der Waals surface area contributed by atoms with E-state index in [1.165, 1.54) is 27.8 Å². The number of fused-ring (bicyclic) bond motifs is 1. The van der Waals surface area contributed by atoms with Gasteiger partial charge in [0.1, 0.15) is 17.1 Å². The Morgan fingerprint density at radius 1 is 1.14 bits per heavy atom. The molecule has 5 rings (SSSR count). The number of likely N-dealkylation sites (N-methyl/N-ethyl adjacent to an activating group) is 1. The van der Waals surface area contributed by atoms with E-state index in [9.17, 15) is 18.8 Å². The Balaban J connectivity index is 1.28. The van der Waals surface area contributed by atoms with Crippen LogP contribution in [0.25, 0.3) is 0 Å². The zero-order valence-corrected chi connectivity index (χ0v) is 19.8. The lowest BCUT2D eigenvalue weighted by molar-refractivity contribution is -0.181. The van der Waals surface area contributed by atoms with Crippen molar-refractivity contribution >= 4 is 17.7 Å². The first kappa shape index (κ1) is 23.4. The van der Waals surface area contributed by atoms with Gasteiger partial charge in [0.05, 0.1) is 19.8 Å². The Morgan fingerprint density at radius 2 is 1.80 bits per heavy atom. The SMILES string of the molecule is CN1C(=O)c2cc(C(=O)N3CCC4(CC3)OCCO4)nn2C[C@]1(C)C(=O)NCc1ccc(F)cc1. The number of piperidine rings is 1. The first-order valence-electron chi connectivity index (χ1n) is 11.7. The fourth-order valence-electron chi connectivity index (χ4n) is 4.80. The number of carbonyl (C=O) groups is 3. The quantitative estimate of drug-likeness (QED) is 0.697. The van der Waals surface area contributed by atoms with Crippen LogP contribution in [-0.2, 0) is 27.4 Å². The Hall–Kier alpha value is -3.31. The summed E-state index contributed by atoms with van der Waals surface area (Å²) in [6.07, 6.45) is 1.17. The second kappa shape index (κ2) is 8.72. The van der Waals surface area contributed by atoms with Crippen molar-refractivity contribution < 1.29 is 28.2 Å². The van der Waals surface area contributed by atoms with Gasteiger partial charge < -0.3 is 24.6 Å². The average Bonchev–Trinajstić information content (AvgIpc) is 3.49. The molecule has 0 unspecified atom stereocenters. The van der Waals surface area contributed by atoms with E-state index in [1.54, 1.807) is 31.0 Å². The van der Waals surface area contributed by atoms with Crippen molar-refractivity contribution in [3.8, 4) is 0 Å². The number of ether oxygens (including phenoxy) is 2. The van der Waals surface area contributed by atoms with Crippen molar-refractivity contribution in [3.63, 3.8) is 0 Å². The molecule has 1 aromatic carbocycles. The monoisotopic (exact) mass is 485 g/mol. The molecule has 11 heteroatoms. The summed E-state index contributed by atoms with van der Waals surface area (Å²) < 4.78 is 26.0. The summed E-state index contributed by atoms with van der Waals surface area (Å²) in [7, 11) is 1.56. The Labute approximate surface area is 201 Å². The Kier molecular flexibility index (Phi) is 5.84. The van der Waals surface area contributed by atoms with Crippen molar-refractivity contribution in [2.24, 2.45) is 0 Å². The minimum Gasteiger partial charge on any atom is -0.350 e. The van der Waals surface area contributed by atoms with Crippen molar-refractivity contribution in [3.05, 3.63) is 53.1 Å². The van der Waals surface area contributed by atoms with E-state index in [4.69, 9.17) is 9.47 Å². The molecule has 2 saturated heterocycles. The van der Waals surface area contributed by atoms with Gasteiger partial charge in [-0.1, -0.05) is 12.1 Å². The molecule has 4 heterocycles. The van der Waals surface area contributed by atoms with E-state index in [0.29, 0.717) is 39.1 Å². The summed E-state index contributed by atoms with van der Waals surface area (Å²) >= 11 is 0. The van der Waals surface area contributed by atoms with Crippen LogP contribution in [0, 0.1) is 5.82 Å². The minimum absolute atomic E-state index is 0.0951. The van der Waals surface area contributed by atoms with Gasteiger partial charge in [-0.25, -0.2) is 4.39 Å². The van der Waals surface area contributed by atoms with E-state index in [0.717, 1.165) is 5.56 Å². The molecule has 3 aliphatic heterocycles. The molecule has 3 amide bonds. The number of amides is 3. The standard InChI is InChI=1S/C24H28FN5O5/c1-23(22(33)26-14-16-3-5-17(25)6-4-16)15-30-19(21(32)28(23)2)13-18(27-30)20(31)29-9-7-24(8-10-29)34-11-12-35-24/h3-6,13H,7-12,14-15H2,1-2H3,(H,26,33)/t23-/m1/s1. The normalized spacial score (nSPS) is 23.5. The van der Waals surface area contributed by atoms with Crippen LogP contribution in [0.5, 0.6) is 0 Å². The van der Waals surface area contributed by atoms with E-state index in [1.807, 2.05) is 0 Å². The molecule has 1 spiro atoms. The molecule has 2 fully saturated rings. The third kappa shape index (κ3) is 4.19. The largest absolute Gasteiger partial charge is 0.350 e. The van der Waals surface area contributed by atoms with Gasteiger partial charge in [0, 0.05) is 45.6 Å². The maximum absolute atomic E-state index is 13.1. The number of nitrogens with zero attached hydrogens (tertiary/aromatic N) is 4. The predicted octanol–water partition coefficient (Wildman–Crippen LogP) is 1.16. The molecule has 1 aromatic heterocycles. The van der Waals surface area contributed by atoms with Gasteiger partial charge >= 0.3 is 0 Å². The van der Waals surface area contributed by atoms with Crippen LogP contribution in [0.1, 0.15) is 46.3 Å². The summed E-state index contributed by atoms with van der Waals surface area (Å²) in [5.41, 5.74) is -0.0551. The molecule has 0 aliphatic carbocycles. The number of nitrogens with one attached hydrogen (secondary N) is 1. The number of halogens is 1. The smallest absolute Gasteiger partial charge is 0.274 e. The Morgan fingerprint density at radius 3 is 2.46 bits per heavy atom. The molecular weight excluding hydrogens is 457 g/mol. The molecule has 0 saturated carbocycles. The van der Waals surface area contributed by atoms with Crippen LogP contribution in [0.3, 0.4) is 0 Å². The molecular formula is C24H28FN5O5. The molecule has 35 heavy (non-hydrogen) atoms. The van der Waals surface area contributed by atoms with Gasteiger partial charge in [0.25, 0.3) is 11.8 Å². The Bertz CT molecular complexity index is 1150. The van der Waals surface area contributed by atoms with Crippen LogP contribution in [0.4, 0.5) is 4.39 Å². The first-order chi connectivity index (χ1) is 16.7. The highest BCUT2D eigenvalue weighted by Gasteiger charge is 2.47. The highest BCUT2D eigenvalue weighted by molar-refractivity contribution is 6.01. The minimum atomic E-state index is -1.22. The van der Waals surface area contributed by atoms with Crippen LogP contribution in [0.15, 0.2) is 30.3 Å². The van der Waals surface area contributed by atoms with Gasteiger partial charge in [0.15, 0.2) is 11.5 Å². The molecule has 1 atom stereocenters. The van der Waals surface area contributed by atoms with Gasteiger partial charge in [-0.05, 0) is 24.6 Å². The number of likely N-dealkylation sites (tertiary alicyclic amines) is 1. The third-order valence-electron chi connectivity index (χ3n) is 7.20. The molecule has 186 valence electrons. The summed E-state index contributed by atoms with van der Waals surface area (Å²) in [5.74, 6) is -1.98.